The van der Waals surface area contributed by atoms with E-state index in [4.69, 9.17) is 27.9 Å². The van der Waals surface area contributed by atoms with E-state index in [2.05, 4.69) is 26.5 Å². The summed E-state index contributed by atoms with van der Waals surface area (Å²) in [5.74, 6) is 0.336. The van der Waals surface area contributed by atoms with Crippen molar-refractivity contribution in [2.24, 2.45) is 5.10 Å². The van der Waals surface area contributed by atoms with Gasteiger partial charge in [0.25, 0.3) is 5.91 Å². The van der Waals surface area contributed by atoms with Crippen molar-refractivity contribution in [3.8, 4) is 5.75 Å². The zero-order chi connectivity index (χ0) is 19.9. The van der Waals surface area contributed by atoms with Gasteiger partial charge in [-0.1, -0.05) is 57.3 Å². The second kappa shape index (κ2) is 9.73. The van der Waals surface area contributed by atoms with Crippen LogP contribution in [0.4, 0.5) is 0 Å². The minimum Gasteiger partial charge on any atom is -0.489 e. The van der Waals surface area contributed by atoms with Gasteiger partial charge in [-0.25, -0.2) is 5.43 Å². The summed E-state index contributed by atoms with van der Waals surface area (Å²) in [6.07, 6.45) is 1.58. The average molecular weight is 478 g/mol. The van der Waals surface area contributed by atoms with Crippen LogP contribution in [0.2, 0.25) is 10.0 Å². The molecule has 0 bridgehead atoms. The molecule has 0 radical (unpaired) electrons. The lowest BCUT2D eigenvalue weighted by Crippen LogP contribution is -2.17. The molecule has 4 nitrogen and oxygen atoms in total. The molecule has 0 fully saturated rings. The molecule has 0 aliphatic heterocycles. The molecular formula is C21H15BrCl2N2O2. The van der Waals surface area contributed by atoms with Crippen molar-refractivity contribution in [1.29, 1.82) is 0 Å². The topological polar surface area (TPSA) is 50.7 Å². The van der Waals surface area contributed by atoms with Gasteiger partial charge in [-0.3, -0.25) is 4.79 Å². The van der Waals surface area contributed by atoms with Crippen LogP contribution in [0.25, 0.3) is 0 Å². The molecule has 0 aliphatic carbocycles. The fourth-order valence-electron chi connectivity index (χ4n) is 2.32. The molecule has 1 amide bonds. The van der Waals surface area contributed by atoms with Gasteiger partial charge in [0.1, 0.15) is 12.4 Å². The predicted octanol–water partition coefficient (Wildman–Crippen LogP) is 6.10. The van der Waals surface area contributed by atoms with Crippen molar-refractivity contribution < 1.29 is 9.53 Å². The molecule has 0 heterocycles. The standard InChI is InChI=1S/C21H15BrCl2N2O2/c22-17-3-1-2-14(10-17)12-25-26-21(27)16-5-7-18(8-6-16)28-13-15-4-9-19(23)20(24)11-15/h1-12H,13H2,(H,26,27)/b25-12+. The molecular weight excluding hydrogens is 463 g/mol. The molecule has 7 heteroatoms. The molecule has 0 unspecified atom stereocenters. The number of nitrogens with zero attached hydrogens (tertiary/aromatic N) is 1. The van der Waals surface area contributed by atoms with E-state index in [1.807, 2.05) is 30.3 Å². The molecule has 0 aromatic heterocycles. The van der Waals surface area contributed by atoms with Gasteiger partial charge in [0, 0.05) is 10.0 Å². The van der Waals surface area contributed by atoms with Gasteiger partial charge in [0.05, 0.1) is 16.3 Å². The second-order valence-electron chi connectivity index (χ2n) is 5.82. The van der Waals surface area contributed by atoms with Gasteiger partial charge in [0.15, 0.2) is 0 Å². The third-order valence-electron chi connectivity index (χ3n) is 3.73. The van der Waals surface area contributed by atoms with Crippen LogP contribution in [0.5, 0.6) is 5.75 Å². The molecule has 28 heavy (non-hydrogen) atoms. The van der Waals surface area contributed by atoms with Crippen molar-refractivity contribution >= 4 is 51.3 Å². The fraction of sp³-hybridized carbons (Fsp3) is 0.0476. The molecule has 3 aromatic carbocycles. The summed E-state index contributed by atoms with van der Waals surface area (Å²) in [5, 5.41) is 4.96. The van der Waals surface area contributed by atoms with E-state index in [9.17, 15) is 4.79 Å². The molecule has 0 aliphatic rings. The Labute approximate surface area is 181 Å². The number of hydrazone groups is 1. The zero-order valence-corrected chi connectivity index (χ0v) is 17.6. The van der Waals surface area contributed by atoms with Crippen molar-refractivity contribution in [1.82, 2.24) is 5.43 Å². The van der Waals surface area contributed by atoms with E-state index in [-0.39, 0.29) is 5.91 Å². The van der Waals surface area contributed by atoms with Crippen LogP contribution < -0.4 is 10.2 Å². The lowest BCUT2D eigenvalue weighted by molar-refractivity contribution is 0.0955. The molecule has 0 saturated heterocycles. The summed E-state index contributed by atoms with van der Waals surface area (Å²) >= 11 is 15.3. The highest BCUT2D eigenvalue weighted by atomic mass is 79.9. The lowest BCUT2D eigenvalue weighted by atomic mass is 10.2. The molecule has 3 rings (SSSR count). The average Bonchev–Trinajstić information content (AvgIpc) is 2.69. The number of nitrogens with one attached hydrogen (secondary N) is 1. The summed E-state index contributed by atoms with van der Waals surface area (Å²) in [7, 11) is 0. The first kappa shape index (κ1) is 20.4. The van der Waals surface area contributed by atoms with Crippen molar-refractivity contribution in [2.45, 2.75) is 6.61 Å². The van der Waals surface area contributed by atoms with Gasteiger partial charge in [-0.2, -0.15) is 5.10 Å². The van der Waals surface area contributed by atoms with Crippen LogP contribution in [-0.2, 0) is 6.61 Å². The number of rotatable bonds is 6. The van der Waals surface area contributed by atoms with Crippen LogP contribution in [0.3, 0.4) is 0 Å². The normalized spacial score (nSPS) is 10.8. The second-order valence-corrected chi connectivity index (χ2v) is 7.55. The molecule has 0 atom stereocenters. The number of benzene rings is 3. The Hall–Kier alpha value is -2.34. The number of carbonyl (C=O) groups is 1. The number of ether oxygens (including phenoxy) is 1. The maximum atomic E-state index is 12.2. The van der Waals surface area contributed by atoms with Crippen molar-refractivity contribution in [2.75, 3.05) is 0 Å². The quantitative estimate of drug-likeness (QED) is 0.344. The van der Waals surface area contributed by atoms with E-state index in [1.54, 1.807) is 42.6 Å². The third kappa shape index (κ3) is 5.83. The smallest absolute Gasteiger partial charge is 0.271 e. The Morgan fingerprint density at radius 3 is 2.54 bits per heavy atom. The molecule has 0 spiro atoms. The van der Waals surface area contributed by atoms with Gasteiger partial charge in [-0.05, 0) is 59.7 Å². The largest absolute Gasteiger partial charge is 0.489 e. The van der Waals surface area contributed by atoms with Gasteiger partial charge >= 0.3 is 0 Å². The molecule has 0 saturated carbocycles. The van der Waals surface area contributed by atoms with Crippen LogP contribution in [0, 0.1) is 0 Å². The Morgan fingerprint density at radius 1 is 1.04 bits per heavy atom. The fourth-order valence-corrected chi connectivity index (χ4v) is 3.05. The highest BCUT2D eigenvalue weighted by molar-refractivity contribution is 9.10. The van der Waals surface area contributed by atoms with Crippen LogP contribution >= 0.6 is 39.1 Å². The Kier molecular flexibility index (Phi) is 7.09. The number of halogens is 3. The highest BCUT2D eigenvalue weighted by Gasteiger charge is 2.05. The lowest BCUT2D eigenvalue weighted by Gasteiger charge is -2.08. The Bertz CT molecular complexity index is 1010. The summed E-state index contributed by atoms with van der Waals surface area (Å²) in [6.45, 7) is 0.347. The number of carbonyl (C=O) groups excluding carboxylic acids is 1. The first-order valence-electron chi connectivity index (χ1n) is 8.27. The van der Waals surface area contributed by atoms with Crippen molar-refractivity contribution in [3.05, 3.63) is 97.9 Å². The molecule has 3 aromatic rings. The highest BCUT2D eigenvalue weighted by Crippen LogP contribution is 2.23. The number of hydrogen-bond donors (Lipinski definition) is 1. The van der Waals surface area contributed by atoms with E-state index >= 15 is 0 Å². The van der Waals surface area contributed by atoms with E-state index < -0.39 is 0 Å². The maximum Gasteiger partial charge on any atom is 0.271 e. The van der Waals surface area contributed by atoms with E-state index in [0.29, 0.717) is 28.0 Å². The Balaban J connectivity index is 1.54. The molecule has 142 valence electrons. The van der Waals surface area contributed by atoms with Crippen LogP contribution in [0.1, 0.15) is 21.5 Å². The first-order chi connectivity index (χ1) is 13.5. The summed E-state index contributed by atoms with van der Waals surface area (Å²) in [4.78, 5) is 12.2. The minimum absolute atomic E-state index is 0.303. The maximum absolute atomic E-state index is 12.2. The van der Waals surface area contributed by atoms with E-state index in [1.165, 1.54) is 0 Å². The van der Waals surface area contributed by atoms with Crippen molar-refractivity contribution in [3.63, 3.8) is 0 Å². The number of amides is 1. The monoisotopic (exact) mass is 476 g/mol. The van der Waals surface area contributed by atoms with Crippen LogP contribution in [-0.4, -0.2) is 12.1 Å². The Morgan fingerprint density at radius 2 is 1.82 bits per heavy atom. The summed E-state index contributed by atoms with van der Waals surface area (Å²) in [6, 6.07) is 19.7. The van der Waals surface area contributed by atoms with E-state index in [0.717, 1.165) is 15.6 Å². The minimum atomic E-state index is -0.303. The number of hydrogen-bond acceptors (Lipinski definition) is 3. The first-order valence-corrected chi connectivity index (χ1v) is 9.82. The predicted molar refractivity (Wildman–Crippen MR) is 116 cm³/mol. The zero-order valence-electron chi connectivity index (χ0n) is 14.5. The van der Waals surface area contributed by atoms with Crippen LogP contribution in [0.15, 0.2) is 76.3 Å². The SMILES string of the molecule is O=C(N/N=C/c1cccc(Br)c1)c1ccc(OCc2ccc(Cl)c(Cl)c2)cc1. The third-order valence-corrected chi connectivity index (χ3v) is 4.97. The van der Waals surface area contributed by atoms with Gasteiger partial charge in [-0.15, -0.1) is 0 Å². The van der Waals surface area contributed by atoms with Gasteiger partial charge < -0.3 is 4.74 Å². The molecule has 1 N–H and O–H groups in total. The van der Waals surface area contributed by atoms with Gasteiger partial charge in [0.2, 0.25) is 0 Å². The summed E-state index contributed by atoms with van der Waals surface area (Å²) in [5.41, 5.74) is 4.76. The summed E-state index contributed by atoms with van der Waals surface area (Å²) < 4.78 is 6.65.